The van der Waals surface area contributed by atoms with Crippen LogP contribution in [0.5, 0.6) is 11.5 Å². The second-order valence-electron chi connectivity index (χ2n) is 16.5. The number of rotatable bonds is 15. The minimum Gasteiger partial charge on any atom is -0.748 e. The van der Waals surface area contributed by atoms with Crippen molar-refractivity contribution in [2.45, 2.75) is 77.0 Å². The Morgan fingerprint density at radius 1 is 0.883 bits per heavy atom. The first kappa shape index (κ1) is 45.4. The van der Waals surface area contributed by atoms with E-state index in [4.69, 9.17) is 21.7 Å². The van der Waals surface area contributed by atoms with Crippen molar-refractivity contribution in [2.75, 3.05) is 37.4 Å². The number of thiocarbonyl (C=S) groups is 1. The summed E-state index contributed by atoms with van der Waals surface area (Å²) in [5, 5.41) is 5.02. The molecule has 306 valence electrons. The SMILES string of the molecule is COc1ccc(OC2=C(/C=C/C3=[N+](CCCN=C=S)c4ccc5ccccc5c4C3(C)C)CCC/C2=C\C=C2/N(CCCCS(=O)(=O)[O-])c3ccccc3C2(C)C)cc1.[Na+]. The van der Waals surface area contributed by atoms with Crippen LogP contribution in [0.25, 0.3) is 10.8 Å². The van der Waals surface area contributed by atoms with Crippen LogP contribution < -0.4 is 43.9 Å². The van der Waals surface area contributed by atoms with Crippen molar-refractivity contribution >= 4 is 55.4 Å². The average Bonchev–Trinajstić information content (AvgIpc) is 3.58. The van der Waals surface area contributed by atoms with Crippen molar-refractivity contribution in [3.05, 3.63) is 143 Å². The summed E-state index contributed by atoms with van der Waals surface area (Å²) in [4.78, 5) is 6.50. The summed E-state index contributed by atoms with van der Waals surface area (Å²) in [6, 6.07) is 29.2. The van der Waals surface area contributed by atoms with Crippen LogP contribution >= 0.6 is 12.2 Å². The molecular weight excluding hydrogens is 798 g/mol. The van der Waals surface area contributed by atoms with Gasteiger partial charge in [-0.2, -0.15) is 4.58 Å². The van der Waals surface area contributed by atoms with Crippen LogP contribution in [0.2, 0.25) is 0 Å². The molecule has 4 aromatic rings. The molecule has 0 unspecified atom stereocenters. The summed E-state index contributed by atoms with van der Waals surface area (Å²) in [5.74, 6) is 1.97. The molecule has 1 aliphatic carbocycles. The number of fused-ring (bicyclic) bond motifs is 4. The topological polar surface area (TPSA) is 94.3 Å². The van der Waals surface area contributed by atoms with Gasteiger partial charge in [-0.1, -0.05) is 62.4 Å². The molecule has 60 heavy (non-hydrogen) atoms. The number of hydrogen-bond acceptors (Lipinski definition) is 8. The summed E-state index contributed by atoms with van der Waals surface area (Å²) in [6.07, 6.45) is 13.4. The molecular formula is C49H53N3NaO5S2+. The number of methoxy groups -OCH3 is 1. The van der Waals surface area contributed by atoms with Gasteiger partial charge in [0.05, 0.1) is 34.3 Å². The zero-order valence-corrected chi connectivity index (χ0v) is 39.3. The number of aliphatic imine (C=N–C) groups is 1. The number of ether oxygens (including phenoxy) is 2. The second-order valence-corrected chi connectivity index (χ2v) is 18.2. The molecule has 0 bridgehead atoms. The molecule has 0 spiro atoms. The molecule has 8 nitrogen and oxygen atoms in total. The molecule has 0 radical (unpaired) electrons. The normalized spacial score (nSPS) is 18.2. The minimum absolute atomic E-state index is 0. The smallest absolute Gasteiger partial charge is 0.748 e. The number of hydrogen-bond donors (Lipinski definition) is 0. The van der Waals surface area contributed by atoms with E-state index in [9.17, 15) is 13.0 Å². The predicted molar refractivity (Wildman–Crippen MR) is 242 cm³/mol. The number of unbranched alkanes of at least 4 members (excludes halogenated alkanes) is 1. The summed E-state index contributed by atoms with van der Waals surface area (Å²) in [5.41, 5.74) is 8.83. The largest absolute Gasteiger partial charge is 1.00 e. The fraction of sp³-hybridized carbons (Fsp3) is 0.347. The Bertz CT molecular complexity index is 2560. The van der Waals surface area contributed by atoms with Crippen LogP contribution in [-0.2, 0) is 20.9 Å². The van der Waals surface area contributed by atoms with E-state index in [-0.39, 0.29) is 46.1 Å². The number of isothiocyanates is 1. The molecule has 0 amide bonds. The fourth-order valence-electron chi connectivity index (χ4n) is 9.03. The van der Waals surface area contributed by atoms with Gasteiger partial charge in [-0.3, -0.25) is 0 Å². The average molecular weight is 851 g/mol. The Hall–Kier alpha value is -4.12. The zero-order valence-electron chi connectivity index (χ0n) is 35.7. The van der Waals surface area contributed by atoms with E-state index < -0.39 is 10.1 Å². The number of anilines is 1. The molecule has 2 aliphatic heterocycles. The fourth-order valence-corrected chi connectivity index (χ4v) is 9.68. The van der Waals surface area contributed by atoms with Crippen LogP contribution in [0.1, 0.15) is 77.3 Å². The van der Waals surface area contributed by atoms with Gasteiger partial charge in [0.25, 0.3) is 0 Å². The van der Waals surface area contributed by atoms with Crippen LogP contribution in [0.4, 0.5) is 11.4 Å². The first-order valence-electron chi connectivity index (χ1n) is 20.5. The van der Waals surface area contributed by atoms with Gasteiger partial charge in [-0.25, -0.2) is 13.4 Å². The Labute approximate surface area is 383 Å². The molecule has 4 aromatic carbocycles. The number of nitrogens with zero attached hydrogens (tertiary/aromatic N) is 3. The first-order valence-corrected chi connectivity index (χ1v) is 22.5. The third-order valence-corrected chi connectivity index (χ3v) is 12.9. The third kappa shape index (κ3) is 9.66. The monoisotopic (exact) mass is 850 g/mol. The molecule has 2 heterocycles. The maximum absolute atomic E-state index is 11.4. The Balaban J connectivity index is 0.00000604. The summed E-state index contributed by atoms with van der Waals surface area (Å²) >= 11 is 4.88. The van der Waals surface area contributed by atoms with E-state index in [1.807, 2.05) is 30.3 Å². The van der Waals surface area contributed by atoms with Crippen LogP contribution in [-0.4, -0.2) is 60.9 Å². The van der Waals surface area contributed by atoms with Crippen molar-refractivity contribution in [3.63, 3.8) is 0 Å². The predicted octanol–water partition coefficient (Wildman–Crippen LogP) is 7.73. The van der Waals surface area contributed by atoms with Gasteiger partial charge in [0, 0.05) is 53.2 Å². The van der Waals surface area contributed by atoms with Crippen molar-refractivity contribution in [2.24, 2.45) is 4.99 Å². The van der Waals surface area contributed by atoms with Gasteiger partial charge >= 0.3 is 29.6 Å². The van der Waals surface area contributed by atoms with E-state index in [0.29, 0.717) is 25.9 Å². The number of benzene rings is 4. The molecule has 0 saturated carbocycles. The molecule has 0 aromatic heterocycles. The third-order valence-electron chi connectivity index (χ3n) is 11.9. The molecule has 7 rings (SSSR count). The molecule has 0 saturated heterocycles. The van der Waals surface area contributed by atoms with E-state index >= 15 is 0 Å². The first-order chi connectivity index (χ1) is 28.3. The van der Waals surface area contributed by atoms with E-state index in [1.54, 1.807) is 7.11 Å². The minimum atomic E-state index is -4.27. The van der Waals surface area contributed by atoms with Crippen molar-refractivity contribution in [3.8, 4) is 11.5 Å². The van der Waals surface area contributed by atoms with Gasteiger partial charge < -0.3 is 18.9 Å². The van der Waals surface area contributed by atoms with E-state index in [2.05, 4.69) is 126 Å². The van der Waals surface area contributed by atoms with Crippen LogP contribution in [0, 0.1) is 0 Å². The zero-order chi connectivity index (χ0) is 41.8. The second kappa shape index (κ2) is 19.3. The van der Waals surface area contributed by atoms with E-state index in [1.165, 1.54) is 33.3 Å². The van der Waals surface area contributed by atoms with Crippen molar-refractivity contribution < 1.29 is 56.6 Å². The summed E-state index contributed by atoms with van der Waals surface area (Å²) in [7, 11) is -2.61. The Morgan fingerprint density at radius 2 is 1.62 bits per heavy atom. The molecule has 11 heteroatoms. The summed E-state index contributed by atoms with van der Waals surface area (Å²) in [6.45, 7) is 11.1. The number of allylic oxidation sites excluding steroid dienone is 7. The van der Waals surface area contributed by atoms with Gasteiger partial charge in [-0.15, -0.1) is 0 Å². The van der Waals surface area contributed by atoms with Gasteiger partial charge in [0.1, 0.15) is 17.3 Å². The van der Waals surface area contributed by atoms with Gasteiger partial charge in [0.2, 0.25) is 5.69 Å². The molecule has 3 aliphatic rings. The summed E-state index contributed by atoms with van der Waals surface area (Å²) < 4.78 is 49.0. The quantitative estimate of drug-likeness (QED) is 0.0302. The van der Waals surface area contributed by atoms with Crippen molar-refractivity contribution in [1.82, 2.24) is 0 Å². The molecule has 0 N–H and O–H groups in total. The maximum Gasteiger partial charge on any atom is 1.00 e. The van der Waals surface area contributed by atoms with E-state index in [0.717, 1.165) is 72.0 Å². The van der Waals surface area contributed by atoms with Crippen molar-refractivity contribution in [1.29, 1.82) is 0 Å². The molecule has 0 atom stereocenters. The van der Waals surface area contributed by atoms with Crippen LogP contribution in [0.3, 0.4) is 0 Å². The van der Waals surface area contributed by atoms with Gasteiger partial charge in [-0.05, 0) is 134 Å². The molecule has 0 fully saturated rings. The van der Waals surface area contributed by atoms with Gasteiger partial charge in [0.15, 0.2) is 12.3 Å². The Kier molecular flexibility index (Phi) is 14.6. The standard InChI is InChI=1S/C49H53N3O5S2.Na/c1-48(2)41-18-8-9-19-42(41)51(31-10-11-33-59(53,54)55)44(48)28-21-36-15-12-16-37(47(36)57-39-25-23-38(56-5)24-26-39)22-29-45-49(3,4)46-40-17-7-6-14-35(40)20-27-43(46)52(45)32-13-30-50-34-58;/h6-9,14,17-29H,10-13,15-16,30-33H2,1-5H3;/q;+1. The van der Waals surface area contributed by atoms with Crippen LogP contribution in [0.15, 0.2) is 137 Å². The number of para-hydroxylation sites is 1. The Morgan fingerprint density at radius 3 is 2.37 bits per heavy atom. The maximum atomic E-state index is 11.4.